The van der Waals surface area contributed by atoms with Gasteiger partial charge in [-0.2, -0.15) is 5.10 Å². The Balaban J connectivity index is 1.64. The molecule has 0 saturated carbocycles. The Morgan fingerprint density at radius 2 is 1.52 bits per heavy atom. The van der Waals surface area contributed by atoms with Gasteiger partial charge in [0.2, 0.25) is 5.89 Å². The zero-order valence-electron chi connectivity index (χ0n) is 15.6. The summed E-state index contributed by atoms with van der Waals surface area (Å²) in [6.45, 7) is 0. The Kier molecular flexibility index (Phi) is 4.39. The third-order valence-corrected chi connectivity index (χ3v) is 4.65. The summed E-state index contributed by atoms with van der Waals surface area (Å²) in [6.07, 6.45) is 6.96. The van der Waals surface area contributed by atoms with E-state index in [9.17, 15) is 0 Å². The number of aromatic nitrogens is 3. The predicted octanol–water partition coefficient (Wildman–Crippen LogP) is 6.00. The fraction of sp³-hybridized carbons (Fsp3) is 0. The molecule has 3 aromatic carbocycles. The molecule has 5 heteroatoms. The van der Waals surface area contributed by atoms with Crippen LogP contribution in [0.4, 0.5) is 17.1 Å². The minimum absolute atomic E-state index is 0.602. The molecule has 0 N–H and O–H groups in total. The van der Waals surface area contributed by atoms with Gasteiger partial charge >= 0.3 is 0 Å². The molecule has 5 aromatic rings. The summed E-state index contributed by atoms with van der Waals surface area (Å²) < 4.78 is 7.35. The van der Waals surface area contributed by atoms with E-state index in [-0.39, 0.29) is 0 Å². The molecule has 29 heavy (non-hydrogen) atoms. The fourth-order valence-corrected chi connectivity index (χ4v) is 3.36. The second kappa shape index (κ2) is 7.48. The van der Waals surface area contributed by atoms with Gasteiger partial charge in [-0.1, -0.05) is 30.3 Å². The minimum Gasteiger partial charge on any atom is -0.445 e. The van der Waals surface area contributed by atoms with Crippen molar-refractivity contribution in [3.05, 3.63) is 110 Å². The fourth-order valence-electron chi connectivity index (χ4n) is 3.36. The van der Waals surface area contributed by atoms with Gasteiger partial charge in [-0.25, -0.2) is 9.67 Å². The molecule has 0 fully saturated rings. The van der Waals surface area contributed by atoms with E-state index in [0.717, 1.165) is 28.3 Å². The summed E-state index contributed by atoms with van der Waals surface area (Å²) in [4.78, 5) is 6.49. The Morgan fingerprint density at radius 3 is 2.28 bits per heavy atom. The Labute approximate surface area is 168 Å². The number of anilines is 3. The quantitative estimate of drug-likeness (QED) is 0.376. The smallest absolute Gasteiger partial charge is 0.225 e. The maximum absolute atomic E-state index is 5.49. The lowest BCUT2D eigenvalue weighted by Gasteiger charge is -2.26. The van der Waals surface area contributed by atoms with Crippen molar-refractivity contribution in [3.63, 3.8) is 0 Å². The van der Waals surface area contributed by atoms with E-state index in [0.29, 0.717) is 5.89 Å². The molecule has 0 bridgehead atoms. The van der Waals surface area contributed by atoms with Gasteiger partial charge in [-0.15, -0.1) is 0 Å². The summed E-state index contributed by atoms with van der Waals surface area (Å²) in [5, 5.41) is 4.36. The first-order chi connectivity index (χ1) is 14.4. The second-order valence-corrected chi connectivity index (χ2v) is 6.53. The monoisotopic (exact) mass is 378 g/mol. The number of nitrogens with zero attached hydrogens (tertiary/aromatic N) is 4. The summed E-state index contributed by atoms with van der Waals surface area (Å²) >= 11 is 0. The topological polar surface area (TPSA) is 47.1 Å². The molecule has 0 aliphatic rings. The Hall–Kier alpha value is -4.12. The van der Waals surface area contributed by atoms with E-state index in [1.165, 1.54) is 0 Å². The van der Waals surface area contributed by atoms with Crippen molar-refractivity contribution in [2.24, 2.45) is 0 Å². The minimum atomic E-state index is 0.602. The van der Waals surface area contributed by atoms with E-state index in [4.69, 9.17) is 4.42 Å². The average Bonchev–Trinajstić information content (AvgIpc) is 3.50. The highest BCUT2D eigenvalue weighted by Crippen LogP contribution is 2.36. The lowest BCUT2D eigenvalue weighted by Crippen LogP contribution is -2.10. The maximum Gasteiger partial charge on any atom is 0.225 e. The molecule has 0 atom stereocenters. The molecule has 0 spiro atoms. The van der Waals surface area contributed by atoms with E-state index >= 15 is 0 Å². The standard InChI is InChI=1S/C24H18N4O/c1-2-8-20(9-3-1)28(22-11-4-7-19(17-22)24-25-14-16-29-24)23-12-5-10-21(18-23)27-15-6-13-26-27/h1-18H. The first kappa shape index (κ1) is 17.0. The van der Waals surface area contributed by atoms with Crippen LogP contribution in [0.25, 0.3) is 17.1 Å². The molecule has 2 heterocycles. The van der Waals surface area contributed by atoms with Gasteiger partial charge in [0.1, 0.15) is 6.26 Å². The lowest BCUT2D eigenvalue weighted by atomic mass is 10.1. The lowest BCUT2D eigenvalue weighted by molar-refractivity contribution is 0.574. The van der Waals surface area contributed by atoms with E-state index in [2.05, 4.69) is 51.4 Å². The van der Waals surface area contributed by atoms with Crippen molar-refractivity contribution in [1.29, 1.82) is 0 Å². The van der Waals surface area contributed by atoms with Crippen LogP contribution in [0.3, 0.4) is 0 Å². The van der Waals surface area contributed by atoms with Crippen molar-refractivity contribution in [1.82, 2.24) is 14.8 Å². The molecule has 0 saturated heterocycles. The van der Waals surface area contributed by atoms with Crippen LogP contribution in [-0.4, -0.2) is 14.8 Å². The van der Waals surface area contributed by atoms with Crippen LogP contribution in [0.2, 0.25) is 0 Å². The largest absolute Gasteiger partial charge is 0.445 e. The number of hydrogen-bond donors (Lipinski definition) is 0. The van der Waals surface area contributed by atoms with Crippen molar-refractivity contribution >= 4 is 17.1 Å². The Bertz CT molecular complexity index is 1120. The van der Waals surface area contributed by atoms with Crippen molar-refractivity contribution in [2.75, 3.05) is 4.90 Å². The molecular formula is C24H18N4O. The van der Waals surface area contributed by atoms with Gasteiger partial charge in [0.25, 0.3) is 0 Å². The average molecular weight is 378 g/mol. The number of hydrogen-bond acceptors (Lipinski definition) is 4. The molecule has 5 nitrogen and oxygen atoms in total. The van der Waals surface area contributed by atoms with Crippen LogP contribution in [0.1, 0.15) is 0 Å². The van der Waals surface area contributed by atoms with E-state index < -0.39 is 0 Å². The normalized spacial score (nSPS) is 10.8. The van der Waals surface area contributed by atoms with Crippen molar-refractivity contribution in [3.8, 4) is 17.1 Å². The van der Waals surface area contributed by atoms with Crippen LogP contribution in [0.5, 0.6) is 0 Å². The number of benzene rings is 3. The third kappa shape index (κ3) is 3.41. The molecule has 0 aliphatic carbocycles. The highest BCUT2D eigenvalue weighted by molar-refractivity contribution is 5.79. The van der Waals surface area contributed by atoms with Crippen molar-refractivity contribution < 1.29 is 4.42 Å². The zero-order valence-corrected chi connectivity index (χ0v) is 15.6. The Morgan fingerprint density at radius 1 is 0.724 bits per heavy atom. The number of para-hydroxylation sites is 1. The van der Waals surface area contributed by atoms with Gasteiger partial charge in [0.15, 0.2) is 0 Å². The summed E-state index contributed by atoms with van der Waals surface area (Å²) in [5.41, 5.74) is 5.04. The molecule has 0 aliphatic heterocycles. The zero-order chi connectivity index (χ0) is 19.5. The third-order valence-electron chi connectivity index (χ3n) is 4.65. The van der Waals surface area contributed by atoms with Crippen LogP contribution >= 0.6 is 0 Å². The molecular weight excluding hydrogens is 360 g/mol. The molecule has 5 rings (SSSR count). The highest BCUT2D eigenvalue weighted by atomic mass is 16.3. The first-order valence-electron chi connectivity index (χ1n) is 9.34. The van der Waals surface area contributed by atoms with E-state index in [1.807, 2.05) is 59.4 Å². The summed E-state index contributed by atoms with van der Waals surface area (Å²) in [5.74, 6) is 0.602. The first-order valence-corrected chi connectivity index (χ1v) is 9.34. The van der Waals surface area contributed by atoms with Gasteiger partial charge in [-0.3, -0.25) is 0 Å². The van der Waals surface area contributed by atoms with Gasteiger partial charge in [0.05, 0.1) is 11.9 Å². The second-order valence-electron chi connectivity index (χ2n) is 6.53. The molecule has 2 aromatic heterocycles. The SMILES string of the molecule is c1ccc(N(c2cccc(-c3ncco3)c2)c2cccc(-n3cccn3)c2)cc1. The highest BCUT2D eigenvalue weighted by Gasteiger charge is 2.14. The molecule has 0 unspecified atom stereocenters. The number of rotatable bonds is 5. The van der Waals surface area contributed by atoms with Crippen LogP contribution in [0.15, 0.2) is 114 Å². The summed E-state index contributed by atoms with van der Waals surface area (Å²) in [7, 11) is 0. The van der Waals surface area contributed by atoms with E-state index in [1.54, 1.807) is 18.7 Å². The van der Waals surface area contributed by atoms with Crippen LogP contribution in [-0.2, 0) is 0 Å². The van der Waals surface area contributed by atoms with Crippen LogP contribution < -0.4 is 4.90 Å². The molecule has 0 radical (unpaired) electrons. The van der Waals surface area contributed by atoms with Gasteiger partial charge in [-0.05, 0) is 54.6 Å². The predicted molar refractivity (Wildman–Crippen MR) is 114 cm³/mol. The van der Waals surface area contributed by atoms with Crippen LogP contribution in [0, 0.1) is 0 Å². The summed E-state index contributed by atoms with van der Waals surface area (Å²) in [6, 6.07) is 28.7. The van der Waals surface area contributed by atoms with Crippen molar-refractivity contribution in [2.45, 2.75) is 0 Å². The molecule has 0 amide bonds. The number of oxazole rings is 1. The molecule has 140 valence electrons. The van der Waals surface area contributed by atoms with Gasteiger partial charge in [0, 0.05) is 35.0 Å². The van der Waals surface area contributed by atoms with Gasteiger partial charge < -0.3 is 9.32 Å². The maximum atomic E-state index is 5.49.